The largest absolute Gasteiger partial charge is 0.416 e. The van der Waals surface area contributed by atoms with Crippen LogP contribution in [0.5, 0.6) is 0 Å². The zero-order valence-corrected chi connectivity index (χ0v) is 12.2. The molecule has 0 amide bonds. The Kier molecular flexibility index (Phi) is 4.40. The van der Waals surface area contributed by atoms with Gasteiger partial charge in [0.15, 0.2) is 0 Å². The van der Waals surface area contributed by atoms with Gasteiger partial charge in [-0.3, -0.25) is 0 Å². The summed E-state index contributed by atoms with van der Waals surface area (Å²) in [4.78, 5) is 2.18. The maximum Gasteiger partial charge on any atom is 0.416 e. The van der Waals surface area contributed by atoms with Crippen LogP contribution in [-0.2, 0) is 6.18 Å². The fourth-order valence-electron chi connectivity index (χ4n) is 2.32. The number of likely N-dealkylation sites (N-methyl/N-ethyl adjacent to an activating group) is 1. The molecule has 1 saturated heterocycles. The first-order valence-corrected chi connectivity index (χ1v) is 6.97. The molecule has 2 nitrogen and oxygen atoms in total. The zero-order chi connectivity index (χ0) is 14.0. The Bertz CT molecular complexity index is 448. The number of alkyl halides is 3. The quantitative estimate of drug-likeness (QED) is 0.878. The van der Waals surface area contributed by atoms with Crippen LogP contribution in [-0.4, -0.2) is 31.1 Å². The molecule has 1 fully saturated rings. The van der Waals surface area contributed by atoms with Crippen LogP contribution in [0, 0.1) is 0 Å². The summed E-state index contributed by atoms with van der Waals surface area (Å²) >= 11 is 3.30. The van der Waals surface area contributed by atoms with Gasteiger partial charge in [0.05, 0.1) is 5.56 Å². The minimum absolute atomic E-state index is 0.193. The van der Waals surface area contributed by atoms with Gasteiger partial charge in [-0.2, -0.15) is 13.2 Å². The number of likely N-dealkylation sites (tertiary alicyclic amines) is 1. The van der Waals surface area contributed by atoms with Crippen molar-refractivity contribution in [1.29, 1.82) is 0 Å². The standard InChI is InChI=1S/C13H16BrF3N2/c1-19-6-2-3-10(8-19)18-12-7-9(13(15,16)17)4-5-11(12)14/h4-5,7,10,18H,2-3,6,8H2,1H3. The molecule has 0 aliphatic carbocycles. The third-order valence-electron chi connectivity index (χ3n) is 3.28. The lowest BCUT2D eigenvalue weighted by Gasteiger charge is -2.31. The van der Waals surface area contributed by atoms with Crippen molar-refractivity contribution in [2.75, 3.05) is 25.5 Å². The van der Waals surface area contributed by atoms with E-state index in [0.717, 1.165) is 32.0 Å². The number of benzene rings is 1. The second-order valence-electron chi connectivity index (χ2n) is 4.94. The smallest absolute Gasteiger partial charge is 0.380 e. The summed E-state index contributed by atoms with van der Waals surface area (Å²) in [6.45, 7) is 1.89. The third-order valence-corrected chi connectivity index (χ3v) is 3.97. The molecule has 1 N–H and O–H groups in total. The van der Waals surface area contributed by atoms with E-state index in [2.05, 4.69) is 26.1 Å². The fraction of sp³-hybridized carbons (Fsp3) is 0.538. The molecule has 19 heavy (non-hydrogen) atoms. The van der Waals surface area contributed by atoms with Crippen molar-refractivity contribution >= 4 is 21.6 Å². The minimum Gasteiger partial charge on any atom is -0.380 e. The van der Waals surface area contributed by atoms with Crippen molar-refractivity contribution in [3.63, 3.8) is 0 Å². The monoisotopic (exact) mass is 336 g/mol. The van der Waals surface area contributed by atoms with Crippen molar-refractivity contribution in [3.8, 4) is 0 Å². The average molecular weight is 337 g/mol. The first-order valence-electron chi connectivity index (χ1n) is 6.18. The van der Waals surface area contributed by atoms with Crippen LogP contribution in [0.2, 0.25) is 0 Å². The molecule has 0 saturated carbocycles. The summed E-state index contributed by atoms with van der Waals surface area (Å²) in [5, 5.41) is 3.20. The fourth-order valence-corrected chi connectivity index (χ4v) is 2.68. The Balaban J connectivity index is 2.15. The minimum atomic E-state index is -4.31. The van der Waals surface area contributed by atoms with Crippen LogP contribution in [0.25, 0.3) is 0 Å². The molecule has 1 unspecified atom stereocenters. The van der Waals surface area contributed by atoms with Gasteiger partial charge in [-0.1, -0.05) is 0 Å². The number of rotatable bonds is 2. The predicted molar refractivity (Wildman–Crippen MR) is 73.3 cm³/mol. The maximum absolute atomic E-state index is 12.7. The van der Waals surface area contributed by atoms with E-state index in [1.165, 1.54) is 12.1 Å². The van der Waals surface area contributed by atoms with Crippen LogP contribution in [0.1, 0.15) is 18.4 Å². The van der Waals surface area contributed by atoms with Crippen molar-refractivity contribution < 1.29 is 13.2 Å². The topological polar surface area (TPSA) is 15.3 Å². The van der Waals surface area contributed by atoms with Crippen LogP contribution >= 0.6 is 15.9 Å². The summed E-state index contributed by atoms with van der Waals surface area (Å²) < 4.78 is 38.7. The molecule has 106 valence electrons. The lowest BCUT2D eigenvalue weighted by Crippen LogP contribution is -2.39. The number of hydrogen-bond acceptors (Lipinski definition) is 2. The van der Waals surface area contributed by atoms with Crippen molar-refractivity contribution in [3.05, 3.63) is 28.2 Å². The van der Waals surface area contributed by atoms with E-state index in [9.17, 15) is 13.2 Å². The van der Waals surface area contributed by atoms with E-state index in [1.54, 1.807) is 0 Å². The zero-order valence-electron chi connectivity index (χ0n) is 10.6. The number of piperidine rings is 1. The molecule has 1 atom stereocenters. The van der Waals surface area contributed by atoms with Gasteiger partial charge in [-0.15, -0.1) is 0 Å². The van der Waals surface area contributed by atoms with Gasteiger partial charge in [0.25, 0.3) is 0 Å². The van der Waals surface area contributed by atoms with Gasteiger partial charge in [0.2, 0.25) is 0 Å². The summed E-state index contributed by atoms with van der Waals surface area (Å²) in [5.74, 6) is 0. The third kappa shape index (κ3) is 3.86. The van der Waals surface area contributed by atoms with Gasteiger partial charge >= 0.3 is 6.18 Å². The van der Waals surface area contributed by atoms with Gasteiger partial charge in [-0.05, 0) is 60.6 Å². The molecular weight excluding hydrogens is 321 g/mol. The Morgan fingerprint density at radius 1 is 1.37 bits per heavy atom. The number of halogens is 4. The van der Waals surface area contributed by atoms with E-state index in [-0.39, 0.29) is 6.04 Å². The molecule has 0 aromatic heterocycles. The highest BCUT2D eigenvalue weighted by Gasteiger charge is 2.31. The first-order chi connectivity index (χ1) is 8.86. The van der Waals surface area contributed by atoms with Gasteiger partial charge in [0, 0.05) is 22.7 Å². The normalized spacial score (nSPS) is 21.4. The SMILES string of the molecule is CN1CCCC(Nc2cc(C(F)(F)F)ccc2Br)C1. The summed E-state index contributed by atoms with van der Waals surface area (Å²) in [5.41, 5.74) is -0.113. The Labute approximate surface area is 119 Å². The lowest BCUT2D eigenvalue weighted by atomic mass is 10.1. The predicted octanol–water partition coefficient (Wildman–Crippen LogP) is 3.97. The summed E-state index contributed by atoms with van der Waals surface area (Å²) in [6.07, 6.45) is -2.27. The number of nitrogens with zero attached hydrogens (tertiary/aromatic N) is 1. The second kappa shape index (κ2) is 5.71. The highest BCUT2D eigenvalue weighted by atomic mass is 79.9. The van der Waals surface area contributed by atoms with Crippen molar-refractivity contribution in [2.24, 2.45) is 0 Å². The van der Waals surface area contributed by atoms with E-state index < -0.39 is 11.7 Å². The number of nitrogens with one attached hydrogen (secondary N) is 1. The molecular formula is C13H16BrF3N2. The van der Waals surface area contributed by atoms with Gasteiger partial charge < -0.3 is 10.2 Å². The highest BCUT2D eigenvalue weighted by molar-refractivity contribution is 9.10. The Morgan fingerprint density at radius 3 is 2.74 bits per heavy atom. The molecule has 1 heterocycles. The summed E-state index contributed by atoms with van der Waals surface area (Å²) in [6, 6.07) is 3.89. The molecule has 6 heteroatoms. The van der Waals surface area contributed by atoms with Gasteiger partial charge in [-0.25, -0.2) is 0 Å². The van der Waals surface area contributed by atoms with Crippen LogP contribution in [0.3, 0.4) is 0 Å². The maximum atomic E-state index is 12.7. The van der Waals surface area contributed by atoms with Crippen LogP contribution in [0.4, 0.5) is 18.9 Å². The second-order valence-corrected chi connectivity index (χ2v) is 5.79. The Hall–Kier alpha value is -0.750. The molecule has 0 spiro atoms. The highest BCUT2D eigenvalue weighted by Crippen LogP contribution is 2.34. The summed E-state index contributed by atoms with van der Waals surface area (Å²) in [7, 11) is 2.02. The molecule has 1 aliphatic heterocycles. The molecule has 0 radical (unpaired) electrons. The molecule has 1 aromatic carbocycles. The van der Waals surface area contributed by atoms with Crippen LogP contribution < -0.4 is 5.32 Å². The Morgan fingerprint density at radius 2 is 2.11 bits per heavy atom. The molecule has 1 aromatic rings. The van der Waals surface area contributed by atoms with Crippen LogP contribution in [0.15, 0.2) is 22.7 Å². The molecule has 1 aliphatic rings. The molecule has 0 bridgehead atoms. The van der Waals surface area contributed by atoms with Crippen molar-refractivity contribution in [2.45, 2.75) is 25.1 Å². The van der Waals surface area contributed by atoms with E-state index in [1.807, 2.05) is 7.05 Å². The van der Waals surface area contributed by atoms with Crippen molar-refractivity contribution in [1.82, 2.24) is 4.90 Å². The average Bonchev–Trinajstić information content (AvgIpc) is 2.30. The van der Waals surface area contributed by atoms with E-state index in [4.69, 9.17) is 0 Å². The molecule has 2 rings (SSSR count). The first kappa shape index (κ1) is 14.7. The number of hydrogen-bond donors (Lipinski definition) is 1. The van der Waals surface area contributed by atoms with E-state index >= 15 is 0 Å². The van der Waals surface area contributed by atoms with Gasteiger partial charge in [0.1, 0.15) is 0 Å². The van der Waals surface area contributed by atoms with E-state index in [0.29, 0.717) is 10.2 Å². The lowest BCUT2D eigenvalue weighted by molar-refractivity contribution is -0.137. The number of anilines is 1.